The standard InChI is InChI=1S/C30H30ClF3N4O/c1-19(30(32,33)34)14-27(37-23-8-4-6-21(15-23)17-35)29(39)38-24-9-5-7-22(16-24)28(36-18-20-12-13-20)25-10-2-3-11-26(25)31/h2-11,14-16,20,28,36-37H,1,12-13,17-18,35H2,(H,38,39)/b27-14-. The highest BCUT2D eigenvalue weighted by atomic mass is 35.5. The van der Waals surface area contributed by atoms with E-state index in [1.165, 1.54) is 12.8 Å². The fourth-order valence-corrected chi connectivity index (χ4v) is 4.31. The number of rotatable bonds is 11. The summed E-state index contributed by atoms with van der Waals surface area (Å²) in [6.45, 7) is 4.15. The molecule has 5 nitrogen and oxygen atoms in total. The van der Waals surface area contributed by atoms with Crippen LogP contribution in [0.5, 0.6) is 0 Å². The molecule has 1 saturated carbocycles. The molecule has 9 heteroatoms. The first-order chi connectivity index (χ1) is 18.6. The summed E-state index contributed by atoms with van der Waals surface area (Å²) >= 11 is 6.52. The highest BCUT2D eigenvalue weighted by molar-refractivity contribution is 6.31. The number of allylic oxidation sites excluding steroid dienone is 2. The van der Waals surface area contributed by atoms with Gasteiger partial charge in [0.1, 0.15) is 5.70 Å². The molecule has 1 unspecified atom stereocenters. The molecule has 0 spiro atoms. The first-order valence-electron chi connectivity index (χ1n) is 12.6. The molecule has 1 aliphatic rings. The van der Waals surface area contributed by atoms with Crippen molar-refractivity contribution in [3.05, 3.63) is 118 Å². The number of hydrogen-bond donors (Lipinski definition) is 4. The second-order valence-corrected chi connectivity index (χ2v) is 9.90. The van der Waals surface area contributed by atoms with Crippen molar-refractivity contribution in [2.45, 2.75) is 31.6 Å². The minimum atomic E-state index is -4.69. The summed E-state index contributed by atoms with van der Waals surface area (Å²) in [7, 11) is 0. The van der Waals surface area contributed by atoms with Gasteiger partial charge >= 0.3 is 6.18 Å². The smallest absolute Gasteiger partial charge is 0.351 e. The summed E-state index contributed by atoms with van der Waals surface area (Å²) in [6.07, 6.45) is -1.64. The molecule has 4 rings (SSSR count). The Labute approximate surface area is 230 Å². The minimum Gasteiger partial charge on any atom is -0.351 e. The van der Waals surface area contributed by atoms with Gasteiger partial charge in [0.05, 0.1) is 11.6 Å². The van der Waals surface area contributed by atoms with Crippen LogP contribution in [0.15, 0.2) is 96.7 Å². The van der Waals surface area contributed by atoms with Gasteiger partial charge in [0.15, 0.2) is 0 Å². The lowest BCUT2D eigenvalue weighted by atomic mass is 9.97. The van der Waals surface area contributed by atoms with Crippen LogP contribution in [0, 0.1) is 5.92 Å². The normalized spacial score (nSPS) is 14.5. The van der Waals surface area contributed by atoms with Crippen LogP contribution in [0.1, 0.15) is 35.6 Å². The number of amides is 1. The Bertz CT molecular complexity index is 1370. The van der Waals surface area contributed by atoms with Crippen molar-refractivity contribution < 1.29 is 18.0 Å². The second-order valence-electron chi connectivity index (χ2n) is 9.50. The maximum absolute atomic E-state index is 13.3. The van der Waals surface area contributed by atoms with E-state index in [4.69, 9.17) is 17.3 Å². The van der Waals surface area contributed by atoms with E-state index in [1.54, 1.807) is 42.5 Å². The van der Waals surface area contributed by atoms with Gasteiger partial charge in [0.2, 0.25) is 0 Å². The molecule has 1 fully saturated rings. The van der Waals surface area contributed by atoms with E-state index in [2.05, 4.69) is 22.5 Å². The third kappa shape index (κ3) is 7.95. The largest absolute Gasteiger partial charge is 0.415 e. The van der Waals surface area contributed by atoms with Crippen molar-refractivity contribution in [1.82, 2.24) is 5.32 Å². The Morgan fingerprint density at radius 1 is 1.03 bits per heavy atom. The van der Waals surface area contributed by atoms with Gasteiger partial charge in [-0.15, -0.1) is 0 Å². The predicted octanol–water partition coefficient (Wildman–Crippen LogP) is 6.94. The number of nitrogens with two attached hydrogens (primary N) is 1. The van der Waals surface area contributed by atoms with Crippen LogP contribution in [-0.4, -0.2) is 18.6 Å². The zero-order valence-corrected chi connectivity index (χ0v) is 21.9. The van der Waals surface area contributed by atoms with Gasteiger partial charge < -0.3 is 21.7 Å². The first-order valence-corrected chi connectivity index (χ1v) is 12.9. The number of anilines is 2. The van der Waals surface area contributed by atoms with Crippen LogP contribution in [0.25, 0.3) is 0 Å². The van der Waals surface area contributed by atoms with Crippen LogP contribution >= 0.6 is 11.6 Å². The van der Waals surface area contributed by atoms with E-state index in [-0.39, 0.29) is 18.3 Å². The molecule has 3 aromatic carbocycles. The molecule has 0 radical (unpaired) electrons. The number of hydrogen-bond acceptors (Lipinski definition) is 4. The number of carbonyl (C=O) groups excluding carboxylic acids is 1. The van der Waals surface area contributed by atoms with Gasteiger partial charge in [-0.3, -0.25) is 4.79 Å². The molecule has 1 amide bonds. The zero-order valence-electron chi connectivity index (χ0n) is 21.2. The Morgan fingerprint density at radius 2 is 1.72 bits per heavy atom. The molecule has 0 heterocycles. The van der Waals surface area contributed by atoms with Crippen LogP contribution in [-0.2, 0) is 11.3 Å². The van der Waals surface area contributed by atoms with Gasteiger partial charge in [-0.25, -0.2) is 0 Å². The fourth-order valence-electron chi connectivity index (χ4n) is 4.06. The molecule has 204 valence electrons. The molecular formula is C30H30ClF3N4O. The quantitative estimate of drug-likeness (QED) is 0.153. The molecule has 0 bridgehead atoms. The Kier molecular flexibility index (Phi) is 9.12. The summed E-state index contributed by atoms with van der Waals surface area (Å²) in [5.74, 6) is -0.132. The highest BCUT2D eigenvalue weighted by Gasteiger charge is 2.31. The van der Waals surface area contributed by atoms with Gasteiger partial charge in [-0.05, 0) is 78.4 Å². The van der Waals surface area contributed by atoms with E-state index in [0.29, 0.717) is 28.4 Å². The number of benzene rings is 3. The zero-order chi connectivity index (χ0) is 28.0. The predicted molar refractivity (Wildman–Crippen MR) is 150 cm³/mol. The molecule has 5 N–H and O–H groups in total. The number of alkyl halides is 3. The van der Waals surface area contributed by atoms with Gasteiger partial charge in [-0.1, -0.05) is 60.6 Å². The lowest BCUT2D eigenvalue weighted by Gasteiger charge is -2.22. The molecule has 0 aliphatic heterocycles. The van der Waals surface area contributed by atoms with E-state index >= 15 is 0 Å². The second kappa shape index (κ2) is 12.5. The van der Waals surface area contributed by atoms with Crippen molar-refractivity contribution >= 4 is 28.9 Å². The van der Waals surface area contributed by atoms with Crippen LogP contribution in [0.3, 0.4) is 0 Å². The summed E-state index contributed by atoms with van der Waals surface area (Å²) in [4.78, 5) is 13.3. The average Bonchev–Trinajstić information content (AvgIpc) is 3.74. The fraction of sp³-hybridized carbons (Fsp3) is 0.233. The lowest BCUT2D eigenvalue weighted by Crippen LogP contribution is -2.25. The number of nitrogens with one attached hydrogen (secondary N) is 3. The molecule has 3 aromatic rings. The highest BCUT2D eigenvalue weighted by Crippen LogP contribution is 2.33. The van der Waals surface area contributed by atoms with Crippen molar-refractivity contribution in [3.8, 4) is 0 Å². The number of halogens is 4. The van der Waals surface area contributed by atoms with Gasteiger partial charge in [-0.2, -0.15) is 13.2 Å². The molecule has 0 saturated heterocycles. The summed E-state index contributed by atoms with van der Waals surface area (Å²) in [5.41, 5.74) is 7.56. The van der Waals surface area contributed by atoms with Crippen molar-refractivity contribution in [1.29, 1.82) is 0 Å². The topological polar surface area (TPSA) is 79.2 Å². The first kappa shape index (κ1) is 28.4. The van der Waals surface area contributed by atoms with E-state index in [0.717, 1.165) is 23.2 Å². The van der Waals surface area contributed by atoms with Gasteiger partial charge in [0.25, 0.3) is 5.91 Å². The molecule has 1 atom stereocenters. The van der Waals surface area contributed by atoms with E-state index in [9.17, 15) is 18.0 Å². The van der Waals surface area contributed by atoms with Crippen LogP contribution in [0.2, 0.25) is 5.02 Å². The molecule has 1 aliphatic carbocycles. The van der Waals surface area contributed by atoms with E-state index < -0.39 is 17.7 Å². The maximum Gasteiger partial charge on any atom is 0.415 e. The monoisotopic (exact) mass is 554 g/mol. The average molecular weight is 555 g/mol. The van der Waals surface area contributed by atoms with Crippen molar-refractivity contribution in [2.24, 2.45) is 11.7 Å². The summed E-state index contributed by atoms with van der Waals surface area (Å²) < 4.78 is 39.9. The minimum absolute atomic E-state index is 0.228. The summed E-state index contributed by atoms with van der Waals surface area (Å²) in [5, 5.41) is 9.70. The van der Waals surface area contributed by atoms with Crippen molar-refractivity contribution in [2.75, 3.05) is 17.2 Å². The van der Waals surface area contributed by atoms with E-state index in [1.807, 2.05) is 30.3 Å². The SMILES string of the molecule is C=C(/C=C(\Nc1cccc(CN)c1)C(=O)Nc1cccc(C(NCC2CC2)c2ccccc2Cl)c1)C(F)(F)F. The Balaban J connectivity index is 1.60. The Hall–Kier alpha value is -3.59. The van der Waals surface area contributed by atoms with Crippen LogP contribution in [0.4, 0.5) is 24.5 Å². The van der Waals surface area contributed by atoms with Crippen LogP contribution < -0.4 is 21.7 Å². The lowest BCUT2D eigenvalue weighted by molar-refractivity contribution is -0.112. The number of carbonyl (C=O) groups is 1. The Morgan fingerprint density at radius 3 is 2.38 bits per heavy atom. The third-order valence-corrected chi connectivity index (χ3v) is 6.71. The molecule has 39 heavy (non-hydrogen) atoms. The van der Waals surface area contributed by atoms with Crippen molar-refractivity contribution in [3.63, 3.8) is 0 Å². The molecule has 0 aromatic heterocycles. The maximum atomic E-state index is 13.3. The summed E-state index contributed by atoms with van der Waals surface area (Å²) in [6, 6.07) is 21.3. The van der Waals surface area contributed by atoms with Gasteiger partial charge in [0, 0.05) is 22.9 Å². The molecular weight excluding hydrogens is 525 g/mol. The third-order valence-electron chi connectivity index (χ3n) is 6.37.